The predicted molar refractivity (Wildman–Crippen MR) is 135 cm³/mol. The Bertz CT molecular complexity index is 1460. The van der Waals surface area contributed by atoms with Gasteiger partial charge < -0.3 is 14.8 Å². The van der Waals surface area contributed by atoms with Crippen molar-refractivity contribution < 1.29 is 23.0 Å². The summed E-state index contributed by atoms with van der Waals surface area (Å²) in [7, 11) is 0. The molecule has 0 aliphatic carbocycles. The molecule has 3 aromatic heterocycles. The van der Waals surface area contributed by atoms with Crippen LogP contribution in [0.2, 0.25) is 0 Å². The molecule has 0 unspecified atom stereocenters. The van der Waals surface area contributed by atoms with Crippen molar-refractivity contribution in [3.63, 3.8) is 0 Å². The van der Waals surface area contributed by atoms with Crippen LogP contribution in [0.5, 0.6) is 11.5 Å². The zero-order valence-corrected chi connectivity index (χ0v) is 21.4. The normalized spacial score (nSPS) is 17.0. The second kappa shape index (κ2) is 9.67. The highest BCUT2D eigenvalue weighted by atomic mass is 19.3. The van der Waals surface area contributed by atoms with Crippen LogP contribution in [0.4, 0.5) is 8.78 Å². The molecule has 5 rings (SSSR count). The van der Waals surface area contributed by atoms with Crippen molar-refractivity contribution in [2.24, 2.45) is 0 Å². The van der Waals surface area contributed by atoms with E-state index in [0.29, 0.717) is 40.2 Å². The molecule has 1 aliphatic heterocycles. The van der Waals surface area contributed by atoms with Gasteiger partial charge in [0.25, 0.3) is 6.47 Å². The maximum absolute atomic E-state index is 12.4. The molecule has 1 N–H and O–H groups in total. The molecular formula is C26H27F2N7O3. The molecule has 12 heteroatoms. The number of ether oxygens (including phenoxy) is 2. The number of nitrogens with zero attached hydrogens (tertiary/aromatic N) is 6. The monoisotopic (exact) mass is 523 g/mol. The predicted octanol–water partition coefficient (Wildman–Crippen LogP) is 4.57. The van der Waals surface area contributed by atoms with Gasteiger partial charge >= 0.3 is 6.61 Å². The number of piperidine rings is 1. The summed E-state index contributed by atoms with van der Waals surface area (Å²) in [5.74, 6) is 0.174. The summed E-state index contributed by atoms with van der Waals surface area (Å²) in [5, 5.41) is 21.3. The van der Waals surface area contributed by atoms with Crippen molar-refractivity contribution in [1.82, 2.24) is 35.5 Å². The van der Waals surface area contributed by atoms with Crippen molar-refractivity contribution in [3.8, 4) is 34.0 Å². The molecule has 1 aliphatic rings. The maximum Gasteiger partial charge on any atom is 0.387 e. The minimum atomic E-state index is -2.94. The quantitative estimate of drug-likeness (QED) is 0.348. The number of carbonyl (C=O) groups is 1. The van der Waals surface area contributed by atoms with E-state index < -0.39 is 6.61 Å². The molecular weight excluding hydrogens is 496 g/mol. The van der Waals surface area contributed by atoms with Gasteiger partial charge in [-0.3, -0.25) is 9.78 Å². The van der Waals surface area contributed by atoms with Gasteiger partial charge in [-0.2, -0.15) is 8.78 Å². The summed E-state index contributed by atoms with van der Waals surface area (Å²) in [5.41, 5.74) is 3.05. The zero-order chi connectivity index (χ0) is 27.1. The Morgan fingerprint density at radius 2 is 1.79 bits per heavy atom. The van der Waals surface area contributed by atoms with Crippen molar-refractivity contribution in [2.45, 2.75) is 64.3 Å². The molecule has 38 heavy (non-hydrogen) atoms. The molecule has 0 spiro atoms. The lowest BCUT2D eigenvalue weighted by molar-refractivity contribution is -0.120. The van der Waals surface area contributed by atoms with Crippen LogP contribution < -0.4 is 14.8 Å². The molecule has 10 nitrogen and oxygen atoms in total. The van der Waals surface area contributed by atoms with Crippen LogP contribution in [-0.2, 0) is 4.79 Å². The van der Waals surface area contributed by atoms with Gasteiger partial charge in [-0.15, -0.1) is 15.3 Å². The highest BCUT2D eigenvalue weighted by Crippen LogP contribution is 2.37. The molecule has 1 saturated heterocycles. The third-order valence-corrected chi connectivity index (χ3v) is 6.43. The minimum Gasteiger partial charge on any atom is -0.433 e. The largest absolute Gasteiger partial charge is 0.433 e. The number of benzene rings is 1. The van der Waals surface area contributed by atoms with Gasteiger partial charge in [0.15, 0.2) is 0 Å². The maximum atomic E-state index is 12.4. The average Bonchev–Trinajstić information content (AvgIpc) is 3.26. The molecule has 0 saturated carbocycles. The number of hydrogen-bond acceptors (Lipinski definition) is 9. The highest BCUT2D eigenvalue weighted by Gasteiger charge is 2.39. The van der Waals surface area contributed by atoms with Crippen LogP contribution in [-0.4, -0.2) is 54.3 Å². The van der Waals surface area contributed by atoms with E-state index in [1.54, 1.807) is 24.3 Å². The first kappa shape index (κ1) is 25.6. The molecule has 0 radical (unpaired) electrons. The van der Waals surface area contributed by atoms with E-state index in [2.05, 4.69) is 63.2 Å². The van der Waals surface area contributed by atoms with E-state index >= 15 is 0 Å². The molecule has 0 bridgehead atoms. The van der Waals surface area contributed by atoms with Gasteiger partial charge in [-0.1, -0.05) is 11.3 Å². The molecule has 0 amide bonds. The summed E-state index contributed by atoms with van der Waals surface area (Å²) in [6, 6.07) is 9.86. The van der Waals surface area contributed by atoms with Crippen LogP contribution in [0.1, 0.15) is 46.6 Å². The SMILES string of the molecule is CC1(C)CC(n2nnc3cc(-c4ccc(-c5ccc(OC(F)F)cn5)cc4OC=O)nnc32)CC(C)(C)N1. The fraction of sp³-hybridized carbons (Fsp3) is 0.385. The van der Waals surface area contributed by atoms with Gasteiger partial charge in [-0.05, 0) is 70.9 Å². The third kappa shape index (κ3) is 5.30. The Morgan fingerprint density at radius 1 is 1.03 bits per heavy atom. The van der Waals surface area contributed by atoms with E-state index in [1.807, 2.05) is 4.68 Å². The topological polar surface area (TPSA) is 117 Å². The number of aromatic nitrogens is 6. The lowest BCUT2D eigenvalue weighted by atomic mass is 9.80. The first-order valence-corrected chi connectivity index (χ1v) is 12.1. The van der Waals surface area contributed by atoms with E-state index in [9.17, 15) is 13.6 Å². The summed E-state index contributed by atoms with van der Waals surface area (Å²) in [6.07, 6.45) is 2.92. The van der Waals surface area contributed by atoms with Crippen LogP contribution in [0.15, 0.2) is 42.6 Å². The number of hydrogen-bond donors (Lipinski definition) is 1. The fourth-order valence-electron chi connectivity index (χ4n) is 5.34. The first-order chi connectivity index (χ1) is 18.0. The highest BCUT2D eigenvalue weighted by molar-refractivity contribution is 5.80. The Morgan fingerprint density at radius 3 is 2.45 bits per heavy atom. The number of alkyl halides is 2. The molecule has 0 atom stereocenters. The summed E-state index contributed by atoms with van der Waals surface area (Å²) in [6.45, 7) is 6.06. The van der Waals surface area contributed by atoms with E-state index in [1.165, 1.54) is 18.3 Å². The average molecular weight is 524 g/mol. The number of fused-ring (bicyclic) bond motifs is 1. The van der Waals surface area contributed by atoms with Gasteiger partial charge in [0.1, 0.15) is 17.0 Å². The van der Waals surface area contributed by atoms with Crippen LogP contribution in [0.25, 0.3) is 33.7 Å². The van der Waals surface area contributed by atoms with Crippen LogP contribution in [0.3, 0.4) is 0 Å². The van der Waals surface area contributed by atoms with Gasteiger partial charge in [-0.25, -0.2) is 4.68 Å². The van der Waals surface area contributed by atoms with Crippen molar-refractivity contribution in [3.05, 3.63) is 42.6 Å². The van der Waals surface area contributed by atoms with Crippen LogP contribution >= 0.6 is 0 Å². The lowest BCUT2D eigenvalue weighted by Gasteiger charge is -2.46. The van der Waals surface area contributed by atoms with Gasteiger partial charge in [0.05, 0.1) is 23.6 Å². The van der Waals surface area contributed by atoms with Gasteiger partial charge in [0.2, 0.25) is 5.65 Å². The van der Waals surface area contributed by atoms with Crippen molar-refractivity contribution >= 4 is 17.6 Å². The number of nitrogens with one attached hydrogen (secondary N) is 1. The second-order valence-electron chi connectivity index (χ2n) is 10.6. The molecule has 1 fully saturated rings. The van der Waals surface area contributed by atoms with Gasteiger partial charge in [0, 0.05) is 22.2 Å². The number of halogens is 2. The Balaban J connectivity index is 1.46. The number of pyridine rings is 1. The number of carbonyl (C=O) groups excluding carboxylic acids is 1. The molecule has 4 aromatic rings. The Labute approximate surface area is 217 Å². The molecule has 1 aromatic carbocycles. The first-order valence-electron chi connectivity index (χ1n) is 12.1. The van der Waals surface area contributed by atoms with Crippen molar-refractivity contribution in [2.75, 3.05) is 0 Å². The van der Waals surface area contributed by atoms with Crippen molar-refractivity contribution in [1.29, 1.82) is 0 Å². The molecule has 4 heterocycles. The smallest absolute Gasteiger partial charge is 0.387 e. The van der Waals surface area contributed by atoms with E-state index in [4.69, 9.17) is 4.74 Å². The summed E-state index contributed by atoms with van der Waals surface area (Å²) < 4.78 is 36.3. The zero-order valence-electron chi connectivity index (χ0n) is 21.4. The minimum absolute atomic E-state index is 0.0574. The van der Waals surface area contributed by atoms with Crippen LogP contribution in [0, 0.1) is 0 Å². The summed E-state index contributed by atoms with van der Waals surface area (Å²) >= 11 is 0. The Kier molecular flexibility index (Phi) is 6.51. The van der Waals surface area contributed by atoms with E-state index in [0.717, 1.165) is 12.8 Å². The standard InChI is InChI=1S/C26H27F2N7O3/c1-25(2)11-16(12-26(3,4)33-25)35-23-21(31-34-35)10-20(30-32-23)18-7-5-15(9-22(18)37-14-36)19-8-6-17(13-29-19)38-24(27)28/h5-10,13-14,16,24,33H,11-12H2,1-4H3. The third-order valence-electron chi connectivity index (χ3n) is 6.43. The lowest BCUT2D eigenvalue weighted by Crippen LogP contribution is -2.58. The summed E-state index contributed by atoms with van der Waals surface area (Å²) in [4.78, 5) is 15.4. The van der Waals surface area contributed by atoms with E-state index in [-0.39, 0.29) is 28.6 Å². The Hall–Kier alpha value is -4.06. The second-order valence-corrected chi connectivity index (χ2v) is 10.6. The molecule has 198 valence electrons. The fourth-order valence-corrected chi connectivity index (χ4v) is 5.34. The number of rotatable bonds is 7.